The van der Waals surface area contributed by atoms with E-state index in [0.29, 0.717) is 0 Å². The summed E-state index contributed by atoms with van der Waals surface area (Å²) in [4.78, 5) is 5.20. The van der Waals surface area contributed by atoms with E-state index in [-0.39, 0.29) is 0 Å². The summed E-state index contributed by atoms with van der Waals surface area (Å²) in [5.41, 5.74) is 0. The highest BCUT2D eigenvalue weighted by atomic mass is 15.2. The lowest BCUT2D eigenvalue weighted by Gasteiger charge is -2.40. The van der Waals surface area contributed by atoms with Crippen LogP contribution >= 0.6 is 0 Å². The van der Waals surface area contributed by atoms with E-state index in [1.54, 1.807) is 0 Å². The van der Waals surface area contributed by atoms with Crippen LogP contribution in [0.3, 0.4) is 0 Å². The highest BCUT2D eigenvalue weighted by Crippen LogP contribution is 2.22. The molecule has 2 heterocycles. The Morgan fingerprint density at radius 1 is 0.857 bits per heavy atom. The lowest BCUT2D eigenvalue weighted by molar-refractivity contribution is 0.0887. The lowest BCUT2D eigenvalue weighted by atomic mass is 9.95. The molecule has 0 aromatic heterocycles. The molecule has 2 saturated heterocycles. The zero-order valence-corrected chi connectivity index (χ0v) is 9.71. The topological polar surface area (TPSA) is 6.48 Å². The quantitative estimate of drug-likeness (QED) is 0.631. The fraction of sp³-hybridized carbons (Fsp3) is 1.00. The van der Waals surface area contributed by atoms with Crippen molar-refractivity contribution < 1.29 is 0 Å². The molecule has 2 rings (SSSR count). The Morgan fingerprint density at radius 2 is 1.43 bits per heavy atom. The number of hydrogen-bond acceptors (Lipinski definition) is 2. The molecule has 2 aliphatic rings. The smallest absolute Gasteiger partial charge is 0.0120 e. The normalized spacial score (nSPS) is 29.6. The second kappa shape index (κ2) is 4.63. The maximum absolute atomic E-state index is 2.74. The molecule has 0 atom stereocenters. The summed E-state index contributed by atoms with van der Waals surface area (Å²) >= 11 is 0. The van der Waals surface area contributed by atoms with Gasteiger partial charge < -0.3 is 9.80 Å². The van der Waals surface area contributed by atoms with E-state index in [0.717, 1.165) is 12.0 Å². The largest absolute Gasteiger partial charge is 0.306 e. The Balaban J connectivity index is 1.78. The molecule has 0 aromatic carbocycles. The SMILES string of the molecule is CC1CCN(C2CCN(C)CC2)CC1. The first-order valence-corrected chi connectivity index (χ1v) is 6.18. The number of nitrogens with zero attached hydrogens (tertiary/aromatic N) is 2. The Hall–Kier alpha value is -0.0800. The van der Waals surface area contributed by atoms with Crippen molar-refractivity contribution in [3.05, 3.63) is 0 Å². The van der Waals surface area contributed by atoms with Gasteiger partial charge in [-0.1, -0.05) is 6.92 Å². The summed E-state index contributed by atoms with van der Waals surface area (Å²) < 4.78 is 0. The van der Waals surface area contributed by atoms with Gasteiger partial charge in [-0.25, -0.2) is 0 Å². The molecule has 0 amide bonds. The molecule has 2 heteroatoms. The molecule has 0 N–H and O–H groups in total. The van der Waals surface area contributed by atoms with Gasteiger partial charge in [-0.2, -0.15) is 0 Å². The van der Waals surface area contributed by atoms with Crippen molar-refractivity contribution in [3.8, 4) is 0 Å². The highest BCUT2D eigenvalue weighted by molar-refractivity contribution is 4.81. The molecule has 0 saturated carbocycles. The maximum Gasteiger partial charge on any atom is 0.0120 e. The van der Waals surface area contributed by atoms with Gasteiger partial charge in [0.2, 0.25) is 0 Å². The van der Waals surface area contributed by atoms with Gasteiger partial charge in [-0.3, -0.25) is 0 Å². The van der Waals surface area contributed by atoms with Crippen LogP contribution in [0.5, 0.6) is 0 Å². The zero-order valence-electron chi connectivity index (χ0n) is 9.71. The summed E-state index contributed by atoms with van der Waals surface area (Å²) in [6, 6.07) is 0.902. The third-order valence-corrected chi connectivity index (χ3v) is 4.02. The summed E-state index contributed by atoms with van der Waals surface area (Å²) in [5.74, 6) is 0.970. The van der Waals surface area contributed by atoms with Crippen molar-refractivity contribution in [3.63, 3.8) is 0 Å². The van der Waals surface area contributed by atoms with Crippen LogP contribution < -0.4 is 0 Å². The first-order chi connectivity index (χ1) is 6.75. The first kappa shape index (κ1) is 10.4. The van der Waals surface area contributed by atoms with Gasteiger partial charge in [0, 0.05) is 6.04 Å². The minimum absolute atomic E-state index is 0.902. The van der Waals surface area contributed by atoms with Gasteiger partial charge in [-0.05, 0) is 64.8 Å². The van der Waals surface area contributed by atoms with Crippen LogP contribution in [-0.2, 0) is 0 Å². The number of likely N-dealkylation sites (tertiary alicyclic amines) is 2. The first-order valence-electron chi connectivity index (χ1n) is 6.18. The molecule has 2 fully saturated rings. The Labute approximate surface area is 88.3 Å². The van der Waals surface area contributed by atoms with Gasteiger partial charge in [0.1, 0.15) is 0 Å². The van der Waals surface area contributed by atoms with Crippen LogP contribution in [0.25, 0.3) is 0 Å². The van der Waals surface area contributed by atoms with E-state index in [1.165, 1.54) is 51.9 Å². The number of piperidine rings is 2. The van der Waals surface area contributed by atoms with Crippen molar-refractivity contribution in [1.82, 2.24) is 9.80 Å². The highest BCUT2D eigenvalue weighted by Gasteiger charge is 2.25. The van der Waals surface area contributed by atoms with Crippen LogP contribution in [0.15, 0.2) is 0 Å². The van der Waals surface area contributed by atoms with Crippen LogP contribution in [0.1, 0.15) is 32.6 Å². The van der Waals surface area contributed by atoms with E-state index in [4.69, 9.17) is 0 Å². The van der Waals surface area contributed by atoms with Crippen LogP contribution in [0.4, 0.5) is 0 Å². The van der Waals surface area contributed by atoms with E-state index in [9.17, 15) is 0 Å². The average molecular weight is 196 g/mol. The molecule has 0 aliphatic carbocycles. The molecule has 0 aromatic rings. The second-order valence-electron chi connectivity index (χ2n) is 5.25. The Morgan fingerprint density at radius 3 is 2.00 bits per heavy atom. The van der Waals surface area contributed by atoms with Crippen molar-refractivity contribution >= 4 is 0 Å². The van der Waals surface area contributed by atoms with Gasteiger partial charge in [0.25, 0.3) is 0 Å². The van der Waals surface area contributed by atoms with E-state index in [1.807, 2.05) is 0 Å². The van der Waals surface area contributed by atoms with Crippen molar-refractivity contribution in [2.75, 3.05) is 33.2 Å². The zero-order chi connectivity index (χ0) is 9.97. The second-order valence-corrected chi connectivity index (χ2v) is 5.25. The van der Waals surface area contributed by atoms with Gasteiger partial charge >= 0.3 is 0 Å². The Bertz CT molecular complexity index is 145. The summed E-state index contributed by atoms with van der Waals surface area (Å²) in [5, 5.41) is 0. The summed E-state index contributed by atoms with van der Waals surface area (Å²) in [6.45, 7) is 7.71. The monoisotopic (exact) mass is 196 g/mol. The predicted octanol–water partition coefficient (Wildman–Crippen LogP) is 1.81. The third kappa shape index (κ3) is 2.48. The molecule has 82 valence electrons. The van der Waals surface area contributed by atoms with Crippen molar-refractivity contribution in [2.45, 2.75) is 38.6 Å². The van der Waals surface area contributed by atoms with E-state index in [2.05, 4.69) is 23.8 Å². The molecular formula is C12H24N2. The summed E-state index contributed by atoms with van der Waals surface area (Å²) in [7, 11) is 2.24. The molecular weight excluding hydrogens is 172 g/mol. The maximum atomic E-state index is 2.74. The minimum atomic E-state index is 0.902. The Kier molecular flexibility index (Phi) is 3.45. The van der Waals surface area contributed by atoms with Gasteiger partial charge in [0.05, 0.1) is 0 Å². The molecule has 2 nitrogen and oxygen atoms in total. The molecule has 0 unspecified atom stereocenters. The average Bonchev–Trinajstić information content (AvgIpc) is 2.21. The van der Waals surface area contributed by atoms with E-state index >= 15 is 0 Å². The van der Waals surface area contributed by atoms with Crippen molar-refractivity contribution in [1.29, 1.82) is 0 Å². The minimum Gasteiger partial charge on any atom is -0.306 e. The van der Waals surface area contributed by atoms with Crippen LogP contribution in [0, 0.1) is 5.92 Å². The van der Waals surface area contributed by atoms with E-state index < -0.39 is 0 Å². The van der Waals surface area contributed by atoms with Gasteiger partial charge in [-0.15, -0.1) is 0 Å². The van der Waals surface area contributed by atoms with Crippen LogP contribution in [0.2, 0.25) is 0 Å². The molecule has 0 spiro atoms. The molecule has 0 bridgehead atoms. The number of hydrogen-bond donors (Lipinski definition) is 0. The van der Waals surface area contributed by atoms with Crippen LogP contribution in [-0.4, -0.2) is 49.1 Å². The number of rotatable bonds is 1. The predicted molar refractivity (Wildman–Crippen MR) is 60.5 cm³/mol. The fourth-order valence-corrected chi connectivity index (χ4v) is 2.75. The third-order valence-electron chi connectivity index (χ3n) is 4.02. The molecule has 14 heavy (non-hydrogen) atoms. The van der Waals surface area contributed by atoms with Crippen molar-refractivity contribution in [2.24, 2.45) is 5.92 Å². The van der Waals surface area contributed by atoms with Gasteiger partial charge in [0.15, 0.2) is 0 Å². The standard InChI is InChI=1S/C12H24N2/c1-11-3-9-14(10-4-11)12-5-7-13(2)8-6-12/h11-12H,3-10H2,1-2H3. The molecule has 0 radical (unpaired) electrons. The summed E-state index contributed by atoms with van der Waals surface area (Å²) in [6.07, 6.45) is 5.63. The fourth-order valence-electron chi connectivity index (χ4n) is 2.75. The molecule has 2 aliphatic heterocycles. The lowest BCUT2D eigenvalue weighted by Crippen LogP contribution is -2.46.